The summed E-state index contributed by atoms with van der Waals surface area (Å²) in [5.74, 6) is 0. The molecule has 2 aromatic carbocycles. The van der Waals surface area contributed by atoms with Crippen LogP contribution in [-0.2, 0) is 5.41 Å². The Morgan fingerprint density at radius 1 is 0.952 bits per heavy atom. The van der Waals surface area contributed by atoms with Crippen LogP contribution in [0.2, 0.25) is 0 Å². The van der Waals surface area contributed by atoms with Gasteiger partial charge in [0.25, 0.3) is 0 Å². The highest BCUT2D eigenvalue weighted by molar-refractivity contribution is 5.99. The summed E-state index contributed by atoms with van der Waals surface area (Å²) in [6, 6.07) is 16.7. The average Bonchev–Trinajstić information content (AvgIpc) is 2.88. The van der Waals surface area contributed by atoms with Gasteiger partial charge in [-0.25, -0.2) is 0 Å². The fraction of sp³-hybridized carbons (Fsp3) is 0.211. The molecule has 0 saturated heterocycles. The van der Waals surface area contributed by atoms with Crippen molar-refractivity contribution in [3.05, 3.63) is 65.9 Å². The predicted octanol–water partition coefficient (Wildman–Crippen LogP) is 5.22. The molecule has 1 aromatic heterocycles. The van der Waals surface area contributed by atoms with Gasteiger partial charge in [0, 0.05) is 28.9 Å². The zero-order valence-corrected chi connectivity index (χ0v) is 12.7. The molecular formula is C19H20N2. The molecule has 0 aliphatic rings. The lowest BCUT2D eigenvalue weighted by Gasteiger charge is -2.18. The molecule has 0 fully saturated rings. The molecule has 0 aliphatic heterocycles. The van der Waals surface area contributed by atoms with Crippen molar-refractivity contribution < 1.29 is 0 Å². The molecule has 1 heterocycles. The van der Waals surface area contributed by atoms with Crippen LogP contribution in [0, 0.1) is 0 Å². The number of aliphatic imine (C=N–C) groups is 1. The first-order valence-electron chi connectivity index (χ1n) is 7.25. The Morgan fingerprint density at radius 3 is 2.38 bits per heavy atom. The fourth-order valence-corrected chi connectivity index (χ4v) is 2.39. The number of H-pyrrole nitrogens is 1. The molecule has 0 unspecified atom stereocenters. The molecule has 1 N–H and O–H groups in total. The topological polar surface area (TPSA) is 28.1 Å². The van der Waals surface area contributed by atoms with Gasteiger partial charge < -0.3 is 4.98 Å². The van der Waals surface area contributed by atoms with Gasteiger partial charge in [-0.1, -0.05) is 51.1 Å². The zero-order valence-electron chi connectivity index (χ0n) is 12.7. The number of nitrogens with one attached hydrogen (secondary N) is 1. The van der Waals surface area contributed by atoms with E-state index in [1.807, 2.05) is 24.5 Å². The van der Waals surface area contributed by atoms with Gasteiger partial charge >= 0.3 is 0 Å². The van der Waals surface area contributed by atoms with Crippen molar-refractivity contribution >= 4 is 22.8 Å². The van der Waals surface area contributed by atoms with Gasteiger partial charge in [-0.15, -0.1) is 0 Å². The maximum atomic E-state index is 4.58. The number of benzene rings is 2. The minimum atomic E-state index is 0.180. The van der Waals surface area contributed by atoms with Crippen molar-refractivity contribution in [1.29, 1.82) is 0 Å². The summed E-state index contributed by atoms with van der Waals surface area (Å²) in [6.07, 6.45) is 3.92. The van der Waals surface area contributed by atoms with Gasteiger partial charge in [-0.05, 0) is 29.2 Å². The highest BCUT2D eigenvalue weighted by Crippen LogP contribution is 2.24. The van der Waals surface area contributed by atoms with Crippen LogP contribution >= 0.6 is 0 Å². The predicted molar refractivity (Wildman–Crippen MR) is 90.7 cm³/mol. The summed E-state index contributed by atoms with van der Waals surface area (Å²) < 4.78 is 0. The molecule has 0 spiro atoms. The van der Waals surface area contributed by atoms with Gasteiger partial charge in [0.1, 0.15) is 0 Å². The number of para-hydroxylation sites is 1. The first-order valence-corrected chi connectivity index (χ1v) is 7.25. The third kappa shape index (κ3) is 2.89. The van der Waals surface area contributed by atoms with Crippen molar-refractivity contribution in [3.8, 4) is 0 Å². The van der Waals surface area contributed by atoms with Crippen LogP contribution in [0.5, 0.6) is 0 Å². The molecule has 0 aliphatic carbocycles. The summed E-state index contributed by atoms with van der Waals surface area (Å²) in [4.78, 5) is 7.84. The molecule has 106 valence electrons. The molecule has 3 aromatic rings. The third-order valence-corrected chi connectivity index (χ3v) is 3.71. The maximum Gasteiger partial charge on any atom is 0.0630 e. The molecule has 3 rings (SSSR count). The minimum absolute atomic E-state index is 0.180. The Labute approximate surface area is 125 Å². The summed E-state index contributed by atoms with van der Waals surface area (Å²) in [5.41, 5.74) is 4.74. The van der Waals surface area contributed by atoms with Crippen LogP contribution in [0.4, 0.5) is 5.69 Å². The smallest absolute Gasteiger partial charge is 0.0630 e. The largest absolute Gasteiger partial charge is 0.361 e. The highest BCUT2D eigenvalue weighted by atomic mass is 14.7. The van der Waals surface area contributed by atoms with Gasteiger partial charge in [-0.2, -0.15) is 0 Å². The number of hydrogen-bond acceptors (Lipinski definition) is 1. The zero-order chi connectivity index (χ0) is 14.9. The Balaban J connectivity index is 1.86. The SMILES string of the molecule is CC(C)(C)c1ccc(N=Cc2c[nH]c3ccccc23)cc1. The van der Waals surface area contributed by atoms with Gasteiger partial charge in [0.2, 0.25) is 0 Å². The Morgan fingerprint density at radius 2 is 1.67 bits per heavy atom. The number of fused-ring (bicyclic) bond motifs is 1. The number of hydrogen-bond donors (Lipinski definition) is 1. The van der Waals surface area contributed by atoms with E-state index < -0.39 is 0 Å². The van der Waals surface area contributed by atoms with Crippen LogP contribution in [0.1, 0.15) is 31.9 Å². The second-order valence-electron chi connectivity index (χ2n) is 6.34. The third-order valence-electron chi connectivity index (χ3n) is 3.71. The van der Waals surface area contributed by atoms with E-state index in [4.69, 9.17) is 0 Å². The van der Waals surface area contributed by atoms with E-state index in [0.717, 1.165) is 16.8 Å². The molecule has 0 atom stereocenters. The van der Waals surface area contributed by atoms with Crippen LogP contribution in [0.25, 0.3) is 10.9 Å². The molecule has 0 amide bonds. The molecule has 21 heavy (non-hydrogen) atoms. The van der Waals surface area contributed by atoms with Crippen LogP contribution < -0.4 is 0 Å². The standard InChI is InChI=1S/C19H20N2/c1-19(2,3)15-8-10-16(11-9-15)20-12-14-13-21-18-7-5-4-6-17(14)18/h4-13,21H,1-3H3. The lowest BCUT2D eigenvalue weighted by atomic mass is 9.87. The van der Waals surface area contributed by atoms with Crippen molar-refractivity contribution in [3.63, 3.8) is 0 Å². The van der Waals surface area contributed by atoms with E-state index >= 15 is 0 Å². The quantitative estimate of drug-likeness (QED) is 0.622. The number of nitrogens with zero attached hydrogens (tertiary/aromatic N) is 1. The van der Waals surface area contributed by atoms with Crippen LogP contribution in [-0.4, -0.2) is 11.2 Å². The van der Waals surface area contributed by atoms with E-state index in [0.29, 0.717) is 0 Å². The van der Waals surface area contributed by atoms with Crippen molar-refractivity contribution in [2.75, 3.05) is 0 Å². The Bertz CT molecular complexity index is 771. The van der Waals surface area contributed by atoms with E-state index in [9.17, 15) is 0 Å². The van der Waals surface area contributed by atoms with Gasteiger partial charge in [0.15, 0.2) is 0 Å². The molecule has 0 bridgehead atoms. The van der Waals surface area contributed by atoms with Gasteiger partial charge in [-0.3, -0.25) is 4.99 Å². The fourth-order valence-electron chi connectivity index (χ4n) is 2.39. The van der Waals surface area contributed by atoms with E-state index in [-0.39, 0.29) is 5.41 Å². The second-order valence-corrected chi connectivity index (χ2v) is 6.34. The monoisotopic (exact) mass is 276 g/mol. The summed E-state index contributed by atoms with van der Waals surface area (Å²) >= 11 is 0. The van der Waals surface area contributed by atoms with Crippen molar-refractivity contribution in [2.45, 2.75) is 26.2 Å². The number of aromatic amines is 1. The van der Waals surface area contributed by atoms with Gasteiger partial charge in [0.05, 0.1) is 5.69 Å². The van der Waals surface area contributed by atoms with Crippen molar-refractivity contribution in [1.82, 2.24) is 4.98 Å². The minimum Gasteiger partial charge on any atom is -0.361 e. The Hall–Kier alpha value is -2.35. The molecule has 2 heteroatoms. The Kier molecular flexibility index (Phi) is 3.38. The summed E-state index contributed by atoms with van der Waals surface area (Å²) in [5, 5.41) is 1.20. The highest BCUT2D eigenvalue weighted by Gasteiger charge is 2.12. The van der Waals surface area contributed by atoms with E-state index in [1.165, 1.54) is 10.9 Å². The second kappa shape index (κ2) is 5.21. The lowest BCUT2D eigenvalue weighted by molar-refractivity contribution is 0.590. The first kappa shape index (κ1) is 13.6. The van der Waals surface area contributed by atoms with Crippen LogP contribution in [0.15, 0.2) is 59.7 Å². The average molecular weight is 276 g/mol. The molecule has 2 nitrogen and oxygen atoms in total. The van der Waals surface area contributed by atoms with E-state index in [2.05, 4.69) is 67.1 Å². The number of aromatic nitrogens is 1. The van der Waals surface area contributed by atoms with Crippen molar-refractivity contribution in [2.24, 2.45) is 4.99 Å². The maximum absolute atomic E-state index is 4.58. The molecule has 0 radical (unpaired) electrons. The molecule has 0 saturated carbocycles. The van der Waals surface area contributed by atoms with E-state index in [1.54, 1.807) is 0 Å². The molecular weight excluding hydrogens is 256 g/mol. The normalized spacial score (nSPS) is 12.3. The summed E-state index contributed by atoms with van der Waals surface area (Å²) in [7, 11) is 0. The number of rotatable bonds is 2. The van der Waals surface area contributed by atoms with Crippen LogP contribution in [0.3, 0.4) is 0 Å². The lowest BCUT2D eigenvalue weighted by Crippen LogP contribution is -2.10. The summed E-state index contributed by atoms with van der Waals surface area (Å²) in [6.45, 7) is 6.66. The first-order chi connectivity index (χ1) is 10.0.